The molecule has 14 aromatic carbocycles. The Morgan fingerprint density at radius 1 is 0.206 bits per heavy atom. The smallest absolute Gasteiger partial charge is 0.0549 e. The van der Waals surface area contributed by atoms with Crippen molar-refractivity contribution < 1.29 is 0 Å². The first-order chi connectivity index (χ1) is 47.9. The van der Waals surface area contributed by atoms with E-state index < -0.39 is 0 Å². The molecule has 0 amide bonds. The van der Waals surface area contributed by atoms with Crippen molar-refractivity contribution in [2.24, 2.45) is 0 Å². The Kier molecular flexibility index (Phi) is 13.1. The molecule has 0 aliphatic carbocycles. The van der Waals surface area contributed by atoms with Gasteiger partial charge in [0.15, 0.2) is 0 Å². The molecule has 0 saturated heterocycles. The molecule has 0 saturated carbocycles. The summed E-state index contributed by atoms with van der Waals surface area (Å²) in [6, 6.07) is 104. The molecule has 19 rings (SSSR count). The third-order valence-electron chi connectivity index (χ3n) is 20.7. The summed E-state index contributed by atoms with van der Waals surface area (Å²) in [7, 11) is 0. The number of fused-ring (bicyclic) bond motifs is 17. The maximum atomic E-state index is 2.50. The summed E-state index contributed by atoms with van der Waals surface area (Å²) in [5, 5.41) is 17.5. The molecule has 0 radical (unpaired) electrons. The van der Waals surface area contributed by atoms with Gasteiger partial charge in [-0.15, -0.1) is 0 Å². The minimum absolute atomic E-state index is 0.858. The molecule has 0 bridgehead atoms. The minimum Gasteiger partial charge on any atom is -0.341 e. The van der Waals surface area contributed by atoms with Gasteiger partial charge >= 0.3 is 0 Å². The van der Waals surface area contributed by atoms with Crippen LogP contribution < -0.4 is 0 Å². The molecule has 5 heterocycles. The molecule has 0 unspecified atom stereocenters. The Labute approximate surface area is 561 Å². The summed E-state index contributed by atoms with van der Waals surface area (Å²) in [6.07, 6.45) is 13.6. The molecule has 0 aliphatic heterocycles. The highest BCUT2D eigenvalue weighted by atomic mass is 15.0. The topological polar surface area (TPSA) is 24.6 Å². The summed E-state index contributed by atoms with van der Waals surface area (Å²) >= 11 is 0. The van der Waals surface area contributed by atoms with Gasteiger partial charge in [-0.2, -0.15) is 0 Å². The number of para-hydroxylation sites is 4. The van der Waals surface area contributed by atoms with Gasteiger partial charge in [0.2, 0.25) is 0 Å². The van der Waals surface area contributed by atoms with E-state index in [0.717, 1.165) is 41.9 Å². The van der Waals surface area contributed by atoms with E-state index in [2.05, 4.69) is 359 Å². The third kappa shape index (κ3) is 9.06. The lowest BCUT2D eigenvalue weighted by Gasteiger charge is -2.13. The lowest BCUT2D eigenvalue weighted by molar-refractivity contribution is 0.827. The van der Waals surface area contributed by atoms with Gasteiger partial charge in [0.25, 0.3) is 0 Å². The molecular weight excluding hydrogens is 1180 g/mol. The maximum Gasteiger partial charge on any atom is 0.0549 e. The quantitative estimate of drug-likeness (QED) is 0.109. The van der Waals surface area contributed by atoms with Crippen molar-refractivity contribution >= 4 is 167 Å². The molecular formula is C92H67N5. The Morgan fingerprint density at radius 2 is 0.536 bits per heavy atom. The van der Waals surface area contributed by atoms with E-state index in [9.17, 15) is 0 Å². The number of benzene rings is 14. The van der Waals surface area contributed by atoms with Gasteiger partial charge in [0.1, 0.15) is 0 Å². The van der Waals surface area contributed by atoms with Gasteiger partial charge in [-0.1, -0.05) is 200 Å². The highest BCUT2D eigenvalue weighted by molar-refractivity contribution is 6.20. The molecule has 5 heteroatoms. The zero-order chi connectivity index (χ0) is 64.4. The number of hydrogen-bond acceptors (Lipinski definition) is 0. The molecule has 5 aromatic heterocycles. The van der Waals surface area contributed by atoms with Crippen LogP contribution in [0.1, 0.15) is 54.2 Å². The zero-order valence-corrected chi connectivity index (χ0v) is 54.4. The summed E-state index contributed by atoms with van der Waals surface area (Å²) in [6.45, 7) is 9.44. The van der Waals surface area contributed by atoms with Gasteiger partial charge < -0.3 is 22.8 Å². The number of aromatic nitrogens is 5. The van der Waals surface area contributed by atoms with Crippen molar-refractivity contribution in [3.8, 4) is 22.5 Å². The van der Waals surface area contributed by atoms with E-state index in [1.807, 2.05) is 0 Å². The van der Waals surface area contributed by atoms with E-state index in [1.54, 1.807) is 0 Å². The molecule has 0 N–H and O–H groups in total. The van der Waals surface area contributed by atoms with Crippen LogP contribution in [0.25, 0.3) is 190 Å². The number of nitrogens with zero attached hydrogens (tertiary/aromatic N) is 5. The first kappa shape index (κ1) is 56.4. The highest BCUT2D eigenvalue weighted by Crippen LogP contribution is 2.43. The first-order valence-electron chi connectivity index (χ1n) is 34.2. The number of hydrogen-bond donors (Lipinski definition) is 0. The predicted molar refractivity (Wildman–Crippen MR) is 418 cm³/mol. The van der Waals surface area contributed by atoms with Crippen molar-refractivity contribution in [1.82, 2.24) is 22.8 Å². The highest BCUT2D eigenvalue weighted by Gasteiger charge is 2.22. The normalized spacial score (nSPS) is 12.5. The van der Waals surface area contributed by atoms with Crippen molar-refractivity contribution in [3.63, 3.8) is 0 Å². The van der Waals surface area contributed by atoms with Crippen LogP contribution in [0.15, 0.2) is 279 Å². The molecule has 0 fully saturated rings. The molecule has 460 valence electrons. The molecule has 5 nitrogen and oxygen atoms in total. The zero-order valence-electron chi connectivity index (χ0n) is 54.4. The summed E-state index contributed by atoms with van der Waals surface area (Å²) in [5.41, 5.74) is 24.1. The van der Waals surface area contributed by atoms with Crippen LogP contribution in [-0.2, 0) is 19.6 Å². The third-order valence-corrected chi connectivity index (χ3v) is 20.7. The fourth-order valence-electron chi connectivity index (χ4n) is 16.3. The van der Waals surface area contributed by atoms with Crippen LogP contribution in [0, 0.1) is 0 Å². The second kappa shape index (κ2) is 22.5. The first-order valence-corrected chi connectivity index (χ1v) is 34.2. The predicted octanol–water partition coefficient (Wildman–Crippen LogP) is 24.7. The lowest BCUT2D eigenvalue weighted by Crippen LogP contribution is -1.96. The van der Waals surface area contributed by atoms with Crippen molar-refractivity contribution in [3.05, 3.63) is 312 Å². The van der Waals surface area contributed by atoms with Gasteiger partial charge in [0, 0.05) is 117 Å². The van der Waals surface area contributed by atoms with Gasteiger partial charge in [-0.05, 0) is 191 Å². The van der Waals surface area contributed by atoms with Crippen molar-refractivity contribution in [1.29, 1.82) is 0 Å². The van der Waals surface area contributed by atoms with Crippen LogP contribution in [0.3, 0.4) is 0 Å². The molecule has 0 aliphatic rings. The molecule has 19 aromatic rings. The Balaban J connectivity index is 0.665. The second-order valence-corrected chi connectivity index (χ2v) is 26.1. The monoisotopic (exact) mass is 1240 g/mol. The Bertz CT molecular complexity index is 6420. The average molecular weight is 1240 g/mol. The lowest BCUT2D eigenvalue weighted by atomic mass is 9.99. The standard InChI is InChI=1S/C92H67N5/c1-4-93-81-27-13-9-23-71(81)76-52-59(39-46-83(76)93)33-36-62-49-63(37-34-60-40-47-84-77(53-60)72-24-10-14-28-82(72)94(84)5-2)51-64(50-62)38-35-61-41-48-85-78(54-61)75-45-43-67(56-90(75)95(85)6-3)66-42-44-70-68(55-66)21-18-32-87(70)97-89-30-16-12-26-74(89)80-57-91-79(58-92(80)97)73-25-11-15-29-88(73)96(91)86-31-17-20-65-19-7-8-22-69(65)86/h7-58H,4-6H2,1-3H3/b36-33+,37-34+,38-35+. The largest absolute Gasteiger partial charge is 0.341 e. The van der Waals surface area contributed by atoms with Gasteiger partial charge in [0.05, 0.1) is 33.4 Å². The van der Waals surface area contributed by atoms with Crippen LogP contribution in [0.2, 0.25) is 0 Å². The van der Waals surface area contributed by atoms with Gasteiger partial charge in [-0.3, -0.25) is 0 Å². The van der Waals surface area contributed by atoms with E-state index in [1.165, 1.54) is 164 Å². The fourth-order valence-corrected chi connectivity index (χ4v) is 16.3. The minimum atomic E-state index is 0.858. The second-order valence-electron chi connectivity index (χ2n) is 26.1. The molecule has 0 spiro atoms. The van der Waals surface area contributed by atoms with Crippen molar-refractivity contribution in [2.45, 2.75) is 40.4 Å². The summed E-state index contributed by atoms with van der Waals surface area (Å²) in [4.78, 5) is 0. The van der Waals surface area contributed by atoms with E-state index in [4.69, 9.17) is 0 Å². The number of rotatable bonds is 12. The van der Waals surface area contributed by atoms with Crippen LogP contribution in [-0.4, -0.2) is 22.8 Å². The summed E-state index contributed by atoms with van der Waals surface area (Å²) in [5.74, 6) is 0. The van der Waals surface area contributed by atoms with Crippen LogP contribution in [0.4, 0.5) is 0 Å². The van der Waals surface area contributed by atoms with Gasteiger partial charge in [-0.25, -0.2) is 0 Å². The molecule has 97 heavy (non-hydrogen) atoms. The average Bonchev–Trinajstić information content (AvgIpc) is 1.55. The summed E-state index contributed by atoms with van der Waals surface area (Å²) < 4.78 is 12.3. The number of aryl methyl sites for hydroxylation is 3. The van der Waals surface area contributed by atoms with Crippen LogP contribution in [0.5, 0.6) is 0 Å². The van der Waals surface area contributed by atoms with E-state index in [0.29, 0.717) is 0 Å². The molecule has 0 atom stereocenters. The van der Waals surface area contributed by atoms with E-state index in [-0.39, 0.29) is 0 Å². The maximum absolute atomic E-state index is 2.50. The SMILES string of the molecule is CCn1c2ccccc2c2cc(/C=C/c3cc(/C=C/c4ccc5c(c4)c4ccccc4n5CC)cc(/C=C/c4ccc5c(c4)c4ccc(-c6ccc7c(-n8c9ccccc9c9cc%10c(cc98)c8ccccc8n%10-c8cccc9ccccc89)cccc7c6)cc4n5CC)c3)ccc21. The Morgan fingerprint density at radius 3 is 1.01 bits per heavy atom. The Hall–Kier alpha value is -12.2. The van der Waals surface area contributed by atoms with Crippen molar-refractivity contribution in [2.75, 3.05) is 0 Å². The van der Waals surface area contributed by atoms with Crippen LogP contribution >= 0.6 is 0 Å². The fraction of sp³-hybridized carbons (Fsp3) is 0.0652. The van der Waals surface area contributed by atoms with E-state index >= 15 is 0 Å².